The molecule has 0 radical (unpaired) electrons. The van der Waals surface area contributed by atoms with Crippen LogP contribution in [0.4, 0.5) is 5.82 Å². The fourth-order valence-corrected chi connectivity index (χ4v) is 3.11. The largest absolute Gasteiger partial charge is 0.356 e. The molecule has 2 atom stereocenters. The summed E-state index contributed by atoms with van der Waals surface area (Å²) >= 11 is 0. The van der Waals surface area contributed by atoms with Gasteiger partial charge < -0.3 is 10.2 Å². The highest BCUT2D eigenvalue weighted by molar-refractivity contribution is 5.79. The van der Waals surface area contributed by atoms with E-state index in [1.807, 2.05) is 36.4 Å². The Kier molecular flexibility index (Phi) is 5.64. The van der Waals surface area contributed by atoms with E-state index in [1.165, 1.54) is 0 Å². The molecular formula is C20H26N4O. The minimum Gasteiger partial charge on any atom is -0.356 e. The van der Waals surface area contributed by atoms with Crippen LogP contribution in [0.5, 0.6) is 0 Å². The van der Waals surface area contributed by atoms with Gasteiger partial charge >= 0.3 is 0 Å². The van der Waals surface area contributed by atoms with Crippen molar-refractivity contribution in [1.82, 2.24) is 15.3 Å². The van der Waals surface area contributed by atoms with Crippen LogP contribution in [-0.2, 0) is 4.79 Å². The Morgan fingerprint density at radius 2 is 2.12 bits per heavy atom. The Bertz CT molecular complexity index is 704. The van der Waals surface area contributed by atoms with Crippen molar-refractivity contribution in [2.75, 3.05) is 18.0 Å². The molecule has 2 aromatic rings. The van der Waals surface area contributed by atoms with Crippen molar-refractivity contribution in [3.8, 4) is 11.4 Å². The van der Waals surface area contributed by atoms with E-state index >= 15 is 0 Å². The van der Waals surface area contributed by atoms with Crippen LogP contribution in [0.25, 0.3) is 11.4 Å². The molecule has 1 fully saturated rings. The van der Waals surface area contributed by atoms with Crippen molar-refractivity contribution in [3.05, 3.63) is 42.6 Å². The summed E-state index contributed by atoms with van der Waals surface area (Å²) in [6, 6.07) is 12.1. The van der Waals surface area contributed by atoms with E-state index in [-0.39, 0.29) is 17.9 Å². The summed E-state index contributed by atoms with van der Waals surface area (Å²) in [5, 5.41) is 3.11. The van der Waals surface area contributed by atoms with Gasteiger partial charge in [0.05, 0.1) is 5.92 Å². The van der Waals surface area contributed by atoms with Gasteiger partial charge in [-0.15, -0.1) is 0 Å². The molecule has 3 rings (SSSR count). The number of piperidine rings is 1. The Morgan fingerprint density at radius 3 is 2.88 bits per heavy atom. The second kappa shape index (κ2) is 8.10. The van der Waals surface area contributed by atoms with Crippen LogP contribution in [0, 0.1) is 5.92 Å². The summed E-state index contributed by atoms with van der Waals surface area (Å²) in [7, 11) is 0. The van der Waals surface area contributed by atoms with Gasteiger partial charge in [-0.3, -0.25) is 4.79 Å². The van der Waals surface area contributed by atoms with Crippen molar-refractivity contribution in [1.29, 1.82) is 0 Å². The maximum absolute atomic E-state index is 12.5. The van der Waals surface area contributed by atoms with Gasteiger partial charge in [0.2, 0.25) is 5.91 Å². The molecule has 0 bridgehead atoms. The SMILES string of the molecule is CC[C@@H](C)NC(=O)[C@H]1CCCN(c2ccnc(-c3ccccc3)n2)C1. The fourth-order valence-electron chi connectivity index (χ4n) is 3.11. The van der Waals surface area contributed by atoms with Gasteiger partial charge in [-0.2, -0.15) is 0 Å². The molecule has 0 spiro atoms. The Hall–Kier alpha value is -2.43. The second-order valence-corrected chi connectivity index (χ2v) is 6.71. The predicted molar refractivity (Wildman–Crippen MR) is 100 cm³/mol. The van der Waals surface area contributed by atoms with Crippen LogP contribution in [0.3, 0.4) is 0 Å². The smallest absolute Gasteiger partial charge is 0.225 e. The highest BCUT2D eigenvalue weighted by Crippen LogP contribution is 2.24. The summed E-state index contributed by atoms with van der Waals surface area (Å²) in [4.78, 5) is 23.8. The number of nitrogens with one attached hydrogen (secondary N) is 1. The molecule has 1 saturated heterocycles. The highest BCUT2D eigenvalue weighted by Gasteiger charge is 2.27. The number of aromatic nitrogens is 2. The Labute approximate surface area is 149 Å². The van der Waals surface area contributed by atoms with Gasteiger partial charge in [-0.25, -0.2) is 9.97 Å². The molecule has 5 nitrogen and oxygen atoms in total. The quantitative estimate of drug-likeness (QED) is 0.909. The highest BCUT2D eigenvalue weighted by atomic mass is 16.2. The lowest BCUT2D eigenvalue weighted by Crippen LogP contribution is -2.45. The van der Waals surface area contributed by atoms with Crippen LogP contribution in [0.15, 0.2) is 42.6 Å². The molecule has 5 heteroatoms. The van der Waals surface area contributed by atoms with Gasteiger partial charge in [0.25, 0.3) is 0 Å². The lowest BCUT2D eigenvalue weighted by molar-refractivity contribution is -0.125. The van der Waals surface area contributed by atoms with E-state index < -0.39 is 0 Å². The number of amides is 1. The van der Waals surface area contributed by atoms with E-state index in [2.05, 4.69) is 29.0 Å². The first-order valence-corrected chi connectivity index (χ1v) is 9.11. The molecule has 1 aliphatic rings. The first-order valence-electron chi connectivity index (χ1n) is 9.11. The van der Waals surface area contributed by atoms with Gasteiger partial charge in [0.1, 0.15) is 5.82 Å². The Balaban J connectivity index is 1.72. The van der Waals surface area contributed by atoms with E-state index in [0.29, 0.717) is 6.54 Å². The van der Waals surface area contributed by atoms with Crippen LogP contribution < -0.4 is 10.2 Å². The number of carbonyl (C=O) groups is 1. The summed E-state index contributed by atoms with van der Waals surface area (Å²) in [5.41, 5.74) is 1.01. The molecule has 2 heterocycles. The molecular weight excluding hydrogens is 312 g/mol. The minimum atomic E-state index is 0.0258. The van der Waals surface area contributed by atoms with Crippen LogP contribution in [-0.4, -0.2) is 35.0 Å². The van der Waals surface area contributed by atoms with E-state index in [1.54, 1.807) is 6.20 Å². The molecule has 1 N–H and O–H groups in total. The monoisotopic (exact) mass is 338 g/mol. The minimum absolute atomic E-state index is 0.0258. The van der Waals surface area contributed by atoms with E-state index in [9.17, 15) is 4.79 Å². The van der Waals surface area contributed by atoms with E-state index in [0.717, 1.165) is 43.0 Å². The topological polar surface area (TPSA) is 58.1 Å². The van der Waals surface area contributed by atoms with Gasteiger partial charge in [-0.1, -0.05) is 37.3 Å². The maximum Gasteiger partial charge on any atom is 0.225 e. The van der Waals surface area contributed by atoms with Crippen LogP contribution in [0.1, 0.15) is 33.1 Å². The lowest BCUT2D eigenvalue weighted by Gasteiger charge is -2.33. The summed E-state index contributed by atoms with van der Waals surface area (Å²) in [6.45, 7) is 5.78. The zero-order valence-electron chi connectivity index (χ0n) is 15.0. The van der Waals surface area contributed by atoms with Crippen molar-refractivity contribution in [2.45, 2.75) is 39.2 Å². The summed E-state index contributed by atoms with van der Waals surface area (Å²) in [5.74, 6) is 1.81. The second-order valence-electron chi connectivity index (χ2n) is 6.71. The van der Waals surface area contributed by atoms with Crippen LogP contribution in [0.2, 0.25) is 0 Å². The molecule has 0 aliphatic carbocycles. The predicted octanol–water partition coefficient (Wildman–Crippen LogP) is 3.27. The molecule has 1 aliphatic heterocycles. The van der Waals surface area contributed by atoms with Crippen LogP contribution >= 0.6 is 0 Å². The first kappa shape index (κ1) is 17.4. The lowest BCUT2D eigenvalue weighted by atomic mass is 9.96. The molecule has 1 aromatic heterocycles. The zero-order valence-corrected chi connectivity index (χ0v) is 15.0. The average molecular weight is 338 g/mol. The Morgan fingerprint density at radius 1 is 1.32 bits per heavy atom. The number of carbonyl (C=O) groups excluding carboxylic acids is 1. The van der Waals surface area contributed by atoms with Crippen molar-refractivity contribution < 1.29 is 4.79 Å². The van der Waals surface area contributed by atoms with Crippen molar-refractivity contribution >= 4 is 11.7 Å². The number of hydrogen-bond donors (Lipinski definition) is 1. The number of nitrogens with zero attached hydrogens (tertiary/aromatic N) is 3. The van der Waals surface area contributed by atoms with E-state index in [4.69, 9.17) is 4.98 Å². The standard InChI is InChI=1S/C20H26N4O/c1-3-15(2)22-20(25)17-10-7-13-24(14-17)18-11-12-21-19(23-18)16-8-5-4-6-9-16/h4-6,8-9,11-12,15,17H,3,7,10,13-14H2,1-2H3,(H,22,25)/t15-,17+/m1/s1. The normalized spacial score (nSPS) is 18.6. The number of benzene rings is 1. The van der Waals surface area contributed by atoms with Gasteiger partial charge in [0, 0.05) is 30.9 Å². The number of rotatable bonds is 5. The molecule has 1 amide bonds. The first-order chi connectivity index (χ1) is 12.2. The third-order valence-electron chi connectivity index (χ3n) is 4.79. The van der Waals surface area contributed by atoms with Crippen molar-refractivity contribution in [3.63, 3.8) is 0 Å². The molecule has 1 aromatic carbocycles. The summed E-state index contributed by atoms with van der Waals surface area (Å²) in [6.07, 6.45) is 4.70. The fraction of sp³-hybridized carbons (Fsp3) is 0.450. The average Bonchev–Trinajstić information content (AvgIpc) is 2.68. The molecule has 132 valence electrons. The summed E-state index contributed by atoms with van der Waals surface area (Å²) < 4.78 is 0. The zero-order chi connectivity index (χ0) is 17.6. The maximum atomic E-state index is 12.5. The number of hydrogen-bond acceptors (Lipinski definition) is 4. The van der Waals surface area contributed by atoms with Gasteiger partial charge in [-0.05, 0) is 32.3 Å². The molecule has 0 saturated carbocycles. The van der Waals surface area contributed by atoms with Gasteiger partial charge in [0.15, 0.2) is 5.82 Å². The third-order valence-corrected chi connectivity index (χ3v) is 4.79. The molecule has 0 unspecified atom stereocenters. The molecule has 25 heavy (non-hydrogen) atoms. The number of anilines is 1. The third kappa shape index (κ3) is 4.35. The van der Waals surface area contributed by atoms with Crippen molar-refractivity contribution in [2.24, 2.45) is 5.92 Å².